The van der Waals surface area contributed by atoms with Gasteiger partial charge in [-0.05, 0) is 35.9 Å². The molecule has 1 nitrogen and oxygen atoms in total. The molecule has 0 aromatic heterocycles. The molecule has 0 unspecified atom stereocenters. The van der Waals surface area contributed by atoms with Crippen LogP contribution in [0.3, 0.4) is 0 Å². The highest BCUT2D eigenvalue weighted by molar-refractivity contribution is 9.10. The van der Waals surface area contributed by atoms with E-state index >= 15 is 0 Å². The van der Waals surface area contributed by atoms with E-state index in [1.165, 1.54) is 4.90 Å². The molecule has 0 aliphatic heterocycles. The maximum absolute atomic E-state index is 8.99. The van der Waals surface area contributed by atoms with Crippen LogP contribution in [0.15, 0.2) is 57.9 Å². The van der Waals surface area contributed by atoms with Crippen LogP contribution in [-0.2, 0) is 5.75 Å². The minimum absolute atomic E-state index is 0.761. The Kier molecular flexibility index (Phi) is 4.24. The summed E-state index contributed by atoms with van der Waals surface area (Å²) in [6, 6.07) is 18.1. The van der Waals surface area contributed by atoms with Crippen molar-refractivity contribution in [2.24, 2.45) is 0 Å². The molecule has 0 bridgehead atoms. The van der Waals surface area contributed by atoms with E-state index in [9.17, 15) is 0 Å². The Morgan fingerprint density at radius 1 is 1.06 bits per heavy atom. The molecule has 17 heavy (non-hydrogen) atoms. The first-order valence-electron chi connectivity index (χ1n) is 5.16. The fourth-order valence-corrected chi connectivity index (χ4v) is 2.61. The Bertz CT molecular complexity index is 543. The summed E-state index contributed by atoms with van der Waals surface area (Å²) in [5.74, 6) is 0.825. The van der Waals surface area contributed by atoms with E-state index in [1.54, 1.807) is 11.8 Å². The highest BCUT2D eigenvalue weighted by Crippen LogP contribution is 2.25. The predicted octanol–water partition coefficient (Wildman–Crippen LogP) is 4.61. The molecule has 2 aromatic carbocycles. The third kappa shape index (κ3) is 3.36. The molecule has 84 valence electrons. The summed E-state index contributed by atoms with van der Waals surface area (Å²) in [4.78, 5) is 1.21. The van der Waals surface area contributed by atoms with E-state index in [2.05, 4.69) is 34.1 Å². The fraction of sp³-hybridized carbons (Fsp3) is 0.0714. The van der Waals surface area contributed by atoms with Crippen LogP contribution >= 0.6 is 27.7 Å². The van der Waals surface area contributed by atoms with Gasteiger partial charge in [-0.15, -0.1) is 11.8 Å². The average molecular weight is 304 g/mol. The molecule has 0 saturated heterocycles. The normalized spacial score (nSPS) is 9.88. The van der Waals surface area contributed by atoms with E-state index in [0.29, 0.717) is 0 Å². The zero-order valence-electron chi connectivity index (χ0n) is 9.06. The van der Waals surface area contributed by atoms with Gasteiger partial charge in [0.1, 0.15) is 0 Å². The summed E-state index contributed by atoms with van der Waals surface area (Å²) >= 11 is 5.15. The van der Waals surface area contributed by atoms with E-state index in [-0.39, 0.29) is 0 Å². The quantitative estimate of drug-likeness (QED) is 0.773. The molecule has 0 radical (unpaired) electrons. The van der Waals surface area contributed by atoms with Gasteiger partial charge in [0.25, 0.3) is 0 Å². The lowest BCUT2D eigenvalue weighted by atomic mass is 10.1. The van der Waals surface area contributed by atoms with Gasteiger partial charge in [-0.25, -0.2) is 0 Å². The number of hydrogen-bond acceptors (Lipinski definition) is 2. The van der Waals surface area contributed by atoms with Crippen LogP contribution in [0.4, 0.5) is 0 Å². The smallest absolute Gasteiger partial charge is 0.0994 e. The van der Waals surface area contributed by atoms with Crippen molar-refractivity contribution in [2.75, 3.05) is 0 Å². The summed E-state index contributed by atoms with van der Waals surface area (Å²) in [6.07, 6.45) is 0. The standard InChI is InChI=1S/C14H10BrNS/c15-13-5-7-14(8-6-13)17-10-12-4-2-1-3-11(12)9-16/h1-8H,10H2. The van der Waals surface area contributed by atoms with Gasteiger partial charge >= 0.3 is 0 Å². The van der Waals surface area contributed by atoms with Gasteiger partial charge in [-0.3, -0.25) is 0 Å². The molecule has 2 rings (SSSR count). The molecule has 2 aromatic rings. The second kappa shape index (κ2) is 5.90. The van der Waals surface area contributed by atoms with Crippen LogP contribution in [-0.4, -0.2) is 0 Å². The largest absolute Gasteiger partial charge is 0.192 e. The third-order valence-electron chi connectivity index (χ3n) is 2.35. The molecule has 0 amide bonds. The van der Waals surface area contributed by atoms with E-state index in [4.69, 9.17) is 5.26 Å². The number of nitrogens with zero attached hydrogens (tertiary/aromatic N) is 1. The summed E-state index contributed by atoms with van der Waals surface area (Å²) < 4.78 is 1.08. The first-order valence-corrected chi connectivity index (χ1v) is 6.94. The van der Waals surface area contributed by atoms with Gasteiger partial charge in [0.2, 0.25) is 0 Å². The van der Waals surface area contributed by atoms with Gasteiger partial charge in [-0.1, -0.05) is 34.1 Å². The van der Waals surface area contributed by atoms with Gasteiger partial charge in [0.05, 0.1) is 11.6 Å². The van der Waals surface area contributed by atoms with Crippen LogP contribution in [0.2, 0.25) is 0 Å². The molecule has 0 fully saturated rings. The Morgan fingerprint density at radius 2 is 1.76 bits per heavy atom. The number of rotatable bonds is 3. The highest BCUT2D eigenvalue weighted by atomic mass is 79.9. The molecule has 0 spiro atoms. The summed E-state index contributed by atoms with van der Waals surface area (Å²) in [5, 5.41) is 8.99. The lowest BCUT2D eigenvalue weighted by Crippen LogP contribution is -1.86. The highest BCUT2D eigenvalue weighted by Gasteiger charge is 2.01. The van der Waals surface area contributed by atoms with Crippen molar-refractivity contribution < 1.29 is 0 Å². The SMILES string of the molecule is N#Cc1ccccc1CSc1ccc(Br)cc1. The maximum Gasteiger partial charge on any atom is 0.0994 e. The van der Waals surface area contributed by atoms with Crippen molar-refractivity contribution in [3.05, 3.63) is 64.1 Å². The topological polar surface area (TPSA) is 23.8 Å². The lowest BCUT2D eigenvalue weighted by molar-refractivity contribution is 1.34. The average Bonchev–Trinajstić information content (AvgIpc) is 2.38. The van der Waals surface area contributed by atoms with Crippen LogP contribution in [0.25, 0.3) is 0 Å². The molecule has 0 N–H and O–H groups in total. The number of nitriles is 1. The monoisotopic (exact) mass is 303 g/mol. The third-order valence-corrected chi connectivity index (χ3v) is 3.94. The van der Waals surface area contributed by atoms with Crippen molar-refractivity contribution in [3.8, 4) is 6.07 Å². The number of halogens is 1. The van der Waals surface area contributed by atoms with Gasteiger partial charge in [-0.2, -0.15) is 5.26 Å². The first-order chi connectivity index (χ1) is 8.29. The molecule has 0 aliphatic rings. The van der Waals surface area contributed by atoms with Crippen molar-refractivity contribution in [1.82, 2.24) is 0 Å². The minimum Gasteiger partial charge on any atom is -0.192 e. The molecule has 0 atom stereocenters. The Morgan fingerprint density at radius 3 is 2.47 bits per heavy atom. The summed E-state index contributed by atoms with van der Waals surface area (Å²) in [5.41, 5.74) is 1.85. The Labute approximate surface area is 114 Å². The van der Waals surface area contributed by atoms with Crippen LogP contribution < -0.4 is 0 Å². The number of hydrogen-bond donors (Lipinski definition) is 0. The predicted molar refractivity (Wildman–Crippen MR) is 74.9 cm³/mol. The Balaban J connectivity index is 2.08. The molecule has 0 aliphatic carbocycles. The van der Waals surface area contributed by atoms with Crippen molar-refractivity contribution in [1.29, 1.82) is 5.26 Å². The summed E-state index contributed by atoms with van der Waals surface area (Å²) in [7, 11) is 0. The zero-order valence-corrected chi connectivity index (χ0v) is 11.5. The fourth-order valence-electron chi connectivity index (χ4n) is 1.45. The van der Waals surface area contributed by atoms with Crippen LogP contribution in [0.1, 0.15) is 11.1 Å². The van der Waals surface area contributed by atoms with Crippen molar-refractivity contribution in [2.45, 2.75) is 10.6 Å². The van der Waals surface area contributed by atoms with Gasteiger partial charge in [0, 0.05) is 15.1 Å². The molecule has 0 saturated carbocycles. The van der Waals surface area contributed by atoms with Gasteiger partial charge < -0.3 is 0 Å². The van der Waals surface area contributed by atoms with Crippen LogP contribution in [0.5, 0.6) is 0 Å². The van der Waals surface area contributed by atoms with Crippen molar-refractivity contribution in [3.63, 3.8) is 0 Å². The first kappa shape index (κ1) is 12.2. The van der Waals surface area contributed by atoms with Gasteiger partial charge in [0.15, 0.2) is 0 Å². The second-order valence-electron chi connectivity index (χ2n) is 3.51. The summed E-state index contributed by atoms with van der Waals surface area (Å²) in [6.45, 7) is 0. The van der Waals surface area contributed by atoms with E-state index < -0.39 is 0 Å². The maximum atomic E-state index is 8.99. The zero-order chi connectivity index (χ0) is 12.1. The minimum atomic E-state index is 0.761. The lowest BCUT2D eigenvalue weighted by Gasteiger charge is -2.04. The second-order valence-corrected chi connectivity index (χ2v) is 5.48. The number of thioether (sulfide) groups is 1. The molecular formula is C14H10BrNS. The van der Waals surface area contributed by atoms with E-state index in [1.807, 2.05) is 36.4 Å². The molecule has 3 heteroatoms. The van der Waals surface area contributed by atoms with Crippen molar-refractivity contribution >= 4 is 27.7 Å². The number of benzene rings is 2. The van der Waals surface area contributed by atoms with Crippen LogP contribution in [0, 0.1) is 11.3 Å². The van der Waals surface area contributed by atoms with E-state index in [0.717, 1.165) is 21.4 Å². The molecule has 0 heterocycles. The molecular weight excluding hydrogens is 294 g/mol. The Hall–Kier alpha value is -1.24.